The topological polar surface area (TPSA) is 74.7 Å². The summed E-state index contributed by atoms with van der Waals surface area (Å²) in [6, 6.07) is 0. The smallest absolute Gasteiger partial charge is 0.308 e. The minimum Gasteiger partial charge on any atom is -0.481 e. The van der Waals surface area contributed by atoms with Crippen LogP contribution in [0.5, 0.6) is 0 Å². The molecule has 1 aliphatic heterocycles. The molecule has 1 rings (SSSR count). The van der Waals surface area contributed by atoms with Gasteiger partial charge in [0.15, 0.2) is 0 Å². The predicted molar refractivity (Wildman–Crippen MR) is 112 cm³/mol. The molecule has 0 aromatic rings. The van der Waals surface area contributed by atoms with E-state index < -0.39 is 11.9 Å². The Balaban J connectivity index is 1.92. The fourth-order valence-electron chi connectivity index (χ4n) is 3.60. The Morgan fingerprint density at radius 2 is 1.46 bits per heavy atom. The molecule has 0 radical (unpaired) electrons. The SMILES string of the molecule is CCCCCCCCC=CCCCCCCCC(=O)N1CC(C(=O)O)CC1=O. The van der Waals surface area contributed by atoms with Crippen LogP contribution in [0.2, 0.25) is 0 Å². The van der Waals surface area contributed by atoms with Crippen LogP contribution < -0.4 is 0 Å². The number of hydrogen-bond donors (Lipinski definition) is 1. The van der Waals surface area contributed by atoms with Crippen LogP contribution in [-0.4, -0.2) is 34.3 Å². The van der Waals surface area contributed by atoms with E-state index in [1.807, 2.05) is 0 Å². The standard InChI is InChI=1S/C23H39NO4/c1-2-3-4-5-6-7-8-9-10-11-12-13-14-15-16-17-21(25)24-19-20(23(27)28)18-22(24)26/h9-10,20H,2-8,11-19H2,1H3,(H,27,28). The lowest BCUT2D eigenvalue weighted by Crippen LogP contribution is -2.32. The van der Waals surface area contributed by atoms with Gasteiger partial charge in [-0.25, -0.2) is 0 Å². The van der Waals surface area contributed by atoms with Gasteiger partial charge in [0.05, 0.1) is 5.92 Å². The van der Waals surface area contributed by atoms with E-state index in [2.05, 4.69) is 19.1 Å². The van der Waals surface area contributed by atoms with Crippen molar-refractivity contribution in [1.82, 2.24) is 4.90 Å². The first kappa shape index (κ1) is 24.4. The summed E-state index contributed by atoms with van der Waals surface area (Å²) < 4.78 is 0. The van der Waals surface area contributed by atoms with Gasteiger partial charge in [-0.3, -0.25) is 19.3 Å². The Morgan fingerprint density at radius 1 is 0.929 bits per heavy atom. The molecule has 0 aromatic heterocycles. The van der Waals surface area contributed by atoms with Crippen molar-refractivity contribution in [2.45, 2.75) is 103 Å². The molecule has 1 saturated heterocycles. The number of hydrogen-bond acceptors (Lipinski definition) is 3. The van der Waals surface area contributed by atoms with E-state index in [1.54, 1.807) is 0 Å². The van der Waals surface area contributed by atoms with E-state index in [1.165, 1.54) is 57.8 Å². The second-order valence-electron chi connectivity index (χ2n) is 7.97. The van der Waals surface area contributed by atoms with Crippen LogP contribution in [0, 0.1) is 5.92 Å². The Morgan fingerprint density at radius 3 is 2.00 bits per heavy atom. The number of unbranched alkanes of at least 4 members (excludes halogenated alkanes) is 11. The highest BCUT2D eigenvalue weighted by Gasteiger charge is 2.37. The lowest BCUT2D eigenvalue weighted by atomic mass is 10.1. The molecule has 1 atom stereocenters. The third-order valence-corrected chi connectivity index (χ3v) is 5.43. The molecule has 28 heavy (non-hydrogen) atoms. The zero-order chi connectivity index (χ0) is 20.6. The maximum Gasteiger partial charge on any atom is 0.308 e. The van der Waals surface area contributed by atoms with Gasteiger partial charge >= 0.3 is 5.97 Å². The summed E-state index contributed by atoms with van der Waals surface area (Å²) in [7, 11) is 0. The second kappa shape index (κ2) is 15.3. The molecule has 1 unspecified atom stereocenters. The van der Waals surface area contributed by atoms with Gasteiger partial charge in [-0.05, 0) is 32.1 Å². The van der Waals surface area contributed by atoms with Crippen LogP contribution >= 0.6 is 0 Å². The van der Waals surface area contributed by atoms with Gasteiger partial charge in [0.2, 0.25) is 11.8 Å². The zero-order valence-corrected chi connectivity index (χ0v) is 17.7. The number of carbonyl (C=O) groups excluding carboxylic acids is 2. The molecule has 0 aromatic carbocycles. The summed E-state index contributed by atoms with van der Waals surface area (Å²) >= 11 is 0. The minimum absolute atomic E-state index is 0.0398. The van der Waals surface area contributed by atoms with Gasteiger partial charge in [0.1, 0.15) is 0 Å². The van der Waals surface area contributed by atoms with Crippen molar-refractivity contribution in [3.8, 4) is 0 Å². The third-order valence-electron chi connectivity index (χ3n) is 5.43. The van der Waals surface area contributed by atoms with Crippen LogP contribution in [0.25, 0.3) is 0 Å². The van der Waals surface area contributed by atoms with Crippen LogP contribution in [0.1, 0.15) is 103 Å². The van der Waals surface area contributed by atoms with E-state index in [0.717, 1.165) is 30.6 Å². The Hall–Kier alpha value is -1.65. The summed E-state index contributed by atoms with van der Waals surface area (Å²) in [6.45, 7) is 2.29. The molecule has 1 aliphatic rings. The third kappa shape index (κ3) is 10.6. The number of carbonyl (C=O) groups is 3. The highest BCUT2D eigenvalue weighted by atomic mass is 16.4. The monoisotopic (exact) mass is 393 g/mol. The van der Waals surface area contributed by atoms with Gasteiger partial charge < -0.3 is 5.11 Å². The van der Waals surface area contributed by atoms with Gasteiger partial charge in [-0.15, -0.1) is 0 Å². The van der Waals surface area contributed by atoms with Crippen molar-refractivity contribution in [2.24, 2.45) is 5.92 Å². The second-order valence-corrected chi connectivity index (χ2v) is 7.97. The summed E-state index contributed by atoms with van der Waals surface area (Å²) in [6.07, 6.45) is 20.5. The van der Waals surface area contributed by atoms with E-state index in [-0.39, 0.29) is 24.8 Å². The van der Waals surface area contributed by atoms with Crippen molar-refractivity contribution >= 4 is 17.8 Å². The van der Waals surface area contributed by atoms with E-state index in [0.29, 0.717) is 6.42 Å². The fraction of sp³-hybridized carbons (Fsp3) is 0.783. The fourth-order valence-corrected chi connectivity index (χ4v) is 3.60. The number of carboxylic acid groups (broad SMARTS) is 1. The number of carboxylic acids is 1. The average molecular weight is 394 g/mol. The Kier molecular flexibility index (Phi) is 13.3. The van der Waals surface area contributed by atoms with Crippen molar-refractivity contribution < 1.29 is 19.5 Å². The van der Waals surface area contributed by atoms with Crippen LogP contribution in [0.4, 0.5) is 0 Å². The molecule has 0 saturated carbocycles. The van der Waals surface area contributed by atoms with Crippen LogP contribution in [0.15, 0.2) is 12.2 Å². The molecular weight excluding hydrogens is 354 g/mol. The number of likely N-dealkylation sites (tertiary alicyclic amines) is 1. The average Bonchev–Trinajstić information content (AvgIpc) is 3.07. The number of rotatable bonds is 16. The Labute approximate surface area is 170 Å². The number of amides is 2. The van der Waals surface area contributed by atoms with Gasteiger partial charge in [0, 0.05) is 19.4 Å². The van der Waals surface area contributed by atoms with E-state index in [4.69, 9.17) is 5.11 Å². The normalized spacial score (nSPS) is 17.0. The Bertz CT molecular complexity index is 501. The lowest BCUT2D eigenvalue weighted by molar-refractivity contribution is -0.142. The van der Waals surface area contributed by atoms with Gasteiger partial charge in [-0.1, -0.05) is 70.4 Å². The molecule has 0 spiro atoms. The summed E-state index contributed by atoms with van der Waals surface area (Å²) in [5.41, 5.74) is 0. The first-order valence-corrected chi connectivity index (χ1v) is 11.3. The van der Waals surface area contributed by atoms with Crippen molar-refractivity contribution in [1.29, 1.82) is 0 Å². The molecule has 0 aliphatic carbocycles. The molecule has 5 heteroatoms. The summed E-state index contributed by atoms with van der Waals surface area (Å²) in [4.78, 5) is 35.8. The quantitative estimate of drug-likeness (QED) is 0.278. The molecule has 1 fully saturated rings. The maximum absolute atomic E-state index is 12.1. The first-order valence-electron chi connectivity index (χ1n) is 11.3. The summed E-state index contributed by atoms with van der Waals surface area (Å²) in [5.74, 6) is -2.29. The first-order chi connectivity index (χ1) is 13.6. The van der Waals surface area contributed by atoms with E-state index >= 15 is 0 Å². The highest BCUT2D eigenvalue weighted by Crippen LogP contribution is 2.20. The number of allylic oxidation sites excluding steroid dienone is 2. The van der Waals surface area contributed by atoms with Crippen molar-refractivity contribution in [2.75, 3.05) is 6.54 Å². The molecular formula is C23H39NO4. The largest absolute Gasteiger partial charge is 0.481 e. The lowest BCUT2D eigenvalue weighted by Gasteiger charge is -2.13. The van der Waals surface area contributed by atoms with Crippen LogP contribution in [-0.2, 0) is 14.4 Å². The summed E-state index contributed by atoms with van der Waals surface area (Å²) in [5, 5.41) is 8.95. The molecule has 5 nitrogen and oxygen atoms in total. The number of aliphatic carboxylic acids is 1. The highest BCUT2D eigenvalue weighted by molar-refractivity contribution is 5.99. The predicted octanol–water partition coefficient (Wildman–Crippen LogP) is 5.48. The maximum atomic E-state index is 12.1. The molecule has 0 bridgehead atoms. The minimum atomic E-state index is -0.996. The number of imide groups is 1. The van der Waals surface area contributed by atoms with Gasteiger partial charge in [0.25, 0.3) is 0 Å². The molecule has 2 amide bonds. The molecule has 1 N–H and O–H groups in total. The molecule has 1 heterocycles. The van der Waals surface area contributed by atoms with Crippen molar-refractivity contribution in [3.63, 3.8) is 0 Å². The van der Waals surface area contributed by atoms with Crippen LogP contribution in [0.3, 0.4) is 0 Å². The molecule has 160 valence electrons. The van der Waals surface area contributed by atoms with E-state index in [9.17, 15) is 14.4 Å². The number of nitrogens with zero attached hydrogens (tertiary/aromatic N) is 1. The van der Waals surface area contributed by atoms with Gasteiger partial charge in [-0.2, -0.15) is 0 Å². The zero-order valence-electron chi connectivity index (χ0n) is 17.7. The van der Waals surface area contributed by atoms with Crippen molar-refractivity contribution in [3.05, 3.63) is 12.2 Å².